The van der Waals surface area contributed by atoms with Crippen molar-refractivity contribution in [1.82, 2.24) is 9.97 Å². The van der Waals surface area contributed by atoms with E-state index in [1.807, 2.05) is 0 Å². The molecule has 7 nitrogen and oxygen atoms in total. The van der Waals surface area contributed by atoms with Crippen LogP contribution in [0.15, 0.2) is 30.5 Å². The summed E-state index contributed by atoms with van der Waals surface area (Å²) in [5.41, 5.74) is 6.12. The van der Waals surface area contributed by atoms with Gasteiger partial charge in [0, 0.05) is 18.3 Å². The molecular formula is C11H10N4O3. The van der Waals surface area contributed by atoms with Gasteiger partial charge < -0.3 is 10.5 Å². The third-order valence-electron chi connectivity index (χ3n) is 2.23. The molecule has 0 saturated heterocycles. The van der Waals surface area contributed by atoms with Crippen molar-refractivity contribution in [3.8, 4) is 11.8 Å². The molecule has 0 radical (unpaired) electrons. The minimum atomic E-state index is -0.464. The lowest BCUT2D eigenvalue weighted by molar-refractivity contribution is -0.384. The summed E-state index contributed by atoms with van der Waals surface area (Å²) in [6.07, 6.45) is 1.47. The number of nitrogens with zero attached hydrogens (tertiary/aromatic N) is 3. The van der Waals surface area contributed by atoms with Crippen molar-refractivity contribution < 1.29 is 9.66 Å². The lowest BCUT2D eigenvalue weighted by atomic mass is 10.2. The molecule has 0 aliphatic carbocycles. The van der Waals surface area contributed by atoms with Crippen LogP contribution in [0.2, 0.25) is 0 Å². The van der Waals surface area contributed by atoms with Gasteiger partial charge in [-0.25, -0.2) is 4.98 Å². The van der Waals surface area contributed by atoms with Gasteiger partial charge in [-0.2, -0.15) is 4.98 Å². The molecule has 0 aliphatic rings. The van der Waals surface area contributed by atoms with Crippen molar-refractivity contribution in [2.75, 3.05) is 5.73 Å². The van der Waals surface area contributed by atoms with Gasteiger partial charge in [0.05, 0.1) is 4.92 Å². The van der Waals surface area contributed by atoms with Crippen LogP contribution in [0, 0.1) is 17.0 Å². The summed E-state index contributed by atoms with van der Waals surface area (Å²) in [6, 6.07) is 5.92. The summed E-state index contributed by atoms with van der Waals surface area (Å²) in [5.74, 6) is 0.741. The average molecular weight is 246 g/mol. The molecular weight excluding hydrogens is 236 g/mol. The van der Waals surface area contributed by atoms with Crippen LogP contribution in [-0.4, -0.2) is 14.9 Å². The summed E-state index contributed by atoms with van der Waals surface area (Å²) in [4.78, 5) is 17.9. The van der Waals surface area contributed by atoms with Crippen molar-refractivity contribution in [3.05, 3.63) is 46.1 Å². The van der Waals surface area contributed by atoms with Crippen LogP contribution in [0.5, 0.6) is 11.8 Å². The highest BCUT2D eigenvalue weighted by molar-refractivity contribution is 5.44. The molecule has 0 aliphatic heterocycles. The zero-order chi connectivity index (χ0) is 13.1. The van der Waals surface area contributed by atoms with E-state index in [-0.39, 0.29) is 11.7 Å². The first-order valence-corrected chi connectivity index (χ1v) is 5.07. The molecule has 1 aromatic heterocycles. The molecule has 2 N–H and O–H groups in total. The van der Waals surface area contributed by atoms with Crippen LogP contribution in [0.4, 0.5) is 11.5 Å². The Morgan fingerprint density at radius 2 is 2.17 bits per heavy atom. The fourth-order valence-corrected chi connectivity index (χ4v) is 1.36. The number of aryl methyl sites for hydroxylation is 1. The smallest absolute Gasteiger partial charge is 0.323 e. The summed E-state index contributed by atoms with van der Waals surface area (Å²) >= 11 is 0. The number of anilines is 1. The van der Waals surface area contributed by atoms with E-state index in [4.69, 9.17) is 10.5 Å². The van der Waals surface area contributed by atoms with Crippen LogP contribution < -0.4 is 10.5 Å². The summed E-state index contributed by atoms with van der Waals surface area (Å²) in [5, 5.41) is 10.6. The van der Waals surface area contributed by atoms with Crippen LogP contribution in [0.1, 0.15) is 5.56 Å². The third-order valence-corrected chi connectivity index (χ3v) is 2.23. The second-order valence-electron chi connectivity index (χ2n) is 3.57. The zero-order valence-corrected chi connectivity index (χ0v) is 9.53. The predicted molar refractivity (Wildman–Crippen MR) is 64.4 cm³/mol. The van der Waals surface area contributed by atoms with Gasteiger partial charge in [0.2, 0.25) is 0 Å². The Kier molecular flexibility index (Phi) is 3.05. The van der Waals surface area contributed by atoms with Crippen molar-refractivity contribution in [2.45, 2.75) is 6.92 Å². The largest absolute Gasteiger partial charge is 0.424 e. The minimum Gasteiger partial charge on any atom is -0.424 e. The number of hydrogen-bond donors (Lipinski definition) is 1. The molecule has 2 rings (SSSR count). The lowest BCUT2D eigenvalue weighted by Crippen LogP contribution is -1.97. The van der Waals surface area contributed by atoms with Gasteiger partial charge in [0.1, 0.15) is 11.6 Å². The van der Waals surface area contributed by atoms with Gasteiger partial charge in [0.25, 0.3) is 5.69 Å². The van der Waals surface area contributed by atoms with E-state index in [1.54, 1.807) is 6.92 Å². The quantitative estimate of drug-likeness (QED) is 0.656. The molecule has 18 heavy (non-hydrogen) atoms. The molecule has 1 heterocycles. The van der Waals surface area contributed by atoms with Gasteiger partial charge >= 0.3 is 6.01 Å². The fraction of sp³-hybridized carbons (Fsp3) is 0.0909. The number of benzene rings is 1. The molecule has 92 valence electrons. The lowest BCUT2D eigenvalue weighted by Gasteiger charge is -2.06. The maximum absolute atomic E-state index is 10.6. The highest BCUT2D eigenvalue weighted by Crippen LogP contribution is 2.26. The summed E-state index contributed by atoms with van der Waals surface area (Å²) in [7, 11) is 0. The van der Waals surface area contributed by atoms with Gasteiger partial charge in [-0.15, -0.1) is 0 Å². The van der Waals surface area contributed by atoms with E-state index in [2.05, 4.69) is 9.97 Å². The Labute approximate surface area is 102 Å². The van der Waals surface area contributed by atoms with Crippen molar-refractivity contribution >= 4 is 11.5 Å². The number of aromatic nitrogens is 2. The van der Waals surface area contributed by atoms with Crippen molar-refractivity contribution in [2.24, 2.45) is 0 Å². The molecule has 0 saturated carbocycles. The molecule has 2 aromatic rings. The number of ether oxygens (including phenoxy) is 1. The van der Waals surface area contributed by atoms with E-state index in [1.165, 1.54) is 30.5 Å². The molecule has 0 atom stereocenters. The molecule has 7 heteroatoms. The Hall–Kier alpha value is -2.70. The van der Waals surface area contributed by atoms with Crippen molar-refractivity contribution in [3.63, 3.8) is 0 Å². The van der Waals surface area contributed by atoms with Crippen molar-refractivity contribution in [1.29, 1.82) is 0 Å². The number of rotatable bonds is 3. The van der Waals surface area contributed by atoms with E-state index < -0.39 is 4.92 Å². The Bertz CT molecular complexity index is 601. The van der Waals surface area contributed by atoms with E-state index in [0.717, 1.165) is 0 Å². The summed E-state index contributed by atoms with van der Waals surface area (Å²) in [6.45, 7) is 1.70. The molecule has 0 amide bonds. The molecule has 0 fully saturated rings. The number of nitrogen functional groups attached to an aromatic ring is 1. The monoisotopic (exact) mass is 246 g/mol. The van der Waals surface area contributed by atoms with E-state index in [9.17, 15) is 10.1 Å². The Morgan fingerprint density at radius 1 is 1.39 bits per heavy atom. The minimum absolute atomic E-state index is 0.00773. The molecule has 0 spiro atoms. The Morgan fingerprint density at radius 3 is 2.78 bits per heavy atom. The van der Waals surface area contributed by atoms with Gasteiger partial charge in [-0.3, -0.25) is 10.1 Å². The van der Waals surface area contributed by atoms with Crippen LogP contribution >= 0.6 is 0 Å². The maximum atomic E-state index is 10.6. The van der Waals surface area contributed by atoms with E-state index >= 15 is 0 Å². The number of nitro benzene ring substituents is 1. The van der Waals surface area contributed by atoms with Crippen LogP contribution in [-0.2, 0) is 0 Å². The van der Waals surface area contributed by atoms with Gasteiger partial charge in [-0.05, 0) is 24.6 Å². The average Bonchev–Trinajstić information content (AvgIpc) is 2.31. The first kappa shape index (κ1) is 11.8. The maximum Gasteiger partial charge on any atom is 0.323 e. The molecule has 0 unspecified atom stereocenters. The SMILES string of the molecule is Cc1cc([N+](=O)[O-])ccc1Oc1nccc(N)n1. The summed E-state index contributed by atoms with van der Waals surface area (Å²) < 4.78 is 5.40. The topological polar surface area (TPSA) is 104 Å². The highest BCUT2D eigenvalue weighted by Gasteiger charge is 2.10. The highest BCUT2D eigenvalue weighted by atomic mass is 16.6. The standard InChI is InChI=1S/C11H10N4O3/c1-7-6-8(15(16)17)2-3-9(7)18-11-13-5-4-10(12)14-11/h2-6H,1H3,(H2,12,13,14). The predicted octanol–water partition coefficient (Wildman–Crippen LogP) is 2.07. The molecule has 1 aromatic carbocycles. The first-order chi connectivity index (χ1) is 8.56. The van der Waals surface area contributed by atoms with Gasteiger partial charge in [-0.1, -0.05) is 0 Å². The fourth-order valence-electron chi connectivity index (χ4n) is 1.36. The van der Waals surface area contributed by atoms with Crippen LogP contribution in [0.25, 0.3) is 0 Å². The van der Waals surface area contributed by atoms with Gasteiger partial charge in [0.15, 0.2) is 0 Å². The van der Waals surface area contributed by atoms with Crippen LogP contribution in [0.3, 0.4) is 0 Å². The Balaban J connectivity index is 2.27. The number of non-ortho nitro benzene ring substituents is 1. The first-order valence-electron chi connectivity index (χ1n) is 5.07. The zero-order valence-electron chi connectivity index (χ0n) is 9.53. The second-order valence-corrected chi connectivity index (χ2v) is 3.57. The molecule has 0 bridgehead atoms. The second kappa shape index (κ2) is 4.66. The normalized spacial score (nSPS) is 10.1. The van der Waals surface area contributed by atoms with E-state index in [0.29, 0.717) is 17.1 Å². The number of hydrogen-bond acceptors (Lipinski definition) is 6. The number of nitro groups is 1. The third kappa shape index (κ3) is 2.51. The number of nitrogens with two attached hydrogens (primary N) is 1.